The van der Waals surface area contributed by atoms with Gasteiger partial charge in [0.05, 0.1) is 27.9 Å². The molecule has 3 rings (SSSR count). The Hall–Kier alpha value is -5.84. The smallest absolute Gasteiger partial charge is 0.318 e. The number of nitrogens with zero attached hydrogens (tertiary/aromatic N) is 4. The van der Waals surface area contributed by atoms with Crippen molar-refractivity contribution >= 4 is 34.7 Å². The second-order valence-corrected chi connectivity index (χ2v) is 7.11. The number of rotatable bonds is 9. The number of amides is 1. The summed E-state index contributed by atoms with van der Waals surface area (Å²) in [4.78, 5) is 43.6. The molecule has 37 heavy (non-hydrogen) atoms. The highest BCUT2D eigenvalue weighted by Crippen LogP contribution is 2.38. The van der Waals surface area contributed by atoms with Gasteiger partial charge in [0.2, 0.25) is 5.75 Å². The first-order valence-electron chi connectivity index (χ1n) is 10.1. The van der Waals surface area contributed by atoms with Crippen LogP contribution in [-0.4, -0.2) is 27.8 Å². The Balaban J connectivity index is 1.93. The minimum Gasteiger partial charge on any atom is -0.493 e. The summed E-state index contributed by atoms with van der Waals surface area (Å²) in [5, 5.41) is 45.2. The van der Waals surface area contributed by atoms with Crippen LogP contribution in [0.15, 0.2) is 66.2 Å². The monoisotopic (exact) mass is 505 g/mol. The first-order valence-corrected chi connectivity index (χ1v) is 10.1. The van der Waals surface area contributed by atoms with Crippen molar-refractivity contribution in [3.05, 3.63) is 102 Å². The largest absolute Gasteiger partial charge is 0.493 e. The maximum Gasteiger partial charge on any atom is 0.318 e. The number of nitro groups is 3. The van der Waals surface area contributed by atoms with Gasteiger partial charge in [-0.3, -0.25) is 35.1 Å². The molecule has 186 valence electrons. The Bertz CT molecular complexity index is 1490. The molecule has 0 unspecified atom stereocenters. The second kappa shape index (κ2) is 11.1. The van der Waals surface area contributed by atoms with Crippen LogP contribution in [0.1, 0.15) is 5.56 Å². The van der Waals surface area contributed by atoms with E-state index in [9.17, 15) is 40.4 Å². The number of ether oxygens (including phenoxy) is 2. The minimum atomic E-state index is -0.843. The highest BCUT2D eigenvalue weighted by atomic mass is 16.6. The normalized spacial score (nSPS) is 10.6. The maximum atomic E-state index is 12.6. The number of benzene rings is 3. The molecule has 1 amide bonds. The minimum absolute atomic E-state index is 0.0374. The lowest BCUT2D eigenvalue weighted by molar-refractivity contribution is -0.394. The van der Waals surface area contributed by atoms with Crippen molar-refractivity contribution < 1.29 is 29.0 Å². The molecule has 0 atom stereocenters. The standard InChI is InChI=1S/C23H15N5O9/c1-36-21-7-5-14(9-15(13-24)23(29)25-16-3-2-4-17(11-16)26(30)31)10-22(21)37-20-8-6-18(27(32)33)12-19(20)28(34)35/h2-12H,1H3,(H,25,29)/b15-9+. The number of hydrogen-bond donors (Lipinski definition) is 1. The summed E-state index contributed by atoms with van der Waals surface area (Å²) in [6.45, 7) is 0. The zero-order valence-corrected chi connectivity index (χ0v) is 18.8. The third kappa shape index (κ3) is 6.19. The van der Waals surface area contributed by atoms with Gasteiger partial charge in [-0.1, -0.05) is 12.1 Å². The molecule has 14 nitrogen and oxygen atoms in total. The Kier molecular flexibility index (Phi) is 7.70. The highest BCUT2D eigenvalue weighted by molar-refractivity contribution is 6.09. The summed E-state index contributed by atoms with van der Waals surface area (Å²) < 4.78 is 10.8. The van der Waals surface area contributed by atoms with E-state index in [2.05, 4.69) is 5.32 Å². The van der Waals surface area contributed by atoms with Gasteiger partial charge < -0.3 is 14.8 Å². The summed E-state index contributed by atoms with van der Waals surface area (Å²) in [6.07, 6.45) is 1.20. The fourth-order valence-corrected chi connectivity index (χ4v) is 3.04. The average Bonchev–Trinajstić information content (AvgIpc) is 2.87. The lowest BCUT2D eigenvalue weighted by Crippen LogP contribution is -2.13. The predicted octanol–water partition coefficient (Wildman–Crippen LogP) is 4.76. The summed E-state index contributed by atoms with van der Waals surface area (Å²) >= 11 is 0. The van der Waals surface area contributed by atoms with Crippen molar-refractivity contribution in [1.29, 1.82) is 5.26 Å². The van der Waals surface area contributed by atoms with Gasteiger partial charge in [-0.05, 0) is 35.9 Å². The Morgan fingerprint density at radius 1 is 0.892 bits per heavy atom. The van der Waals surface area contributed by atoms with Crippen LogP contribution >= 0.6 is 0 Å². The van der Waals surface area contributed by atoms with Crippen molar-refractivity contribution in [2.45, 2.75) is 0 Å². The van der Waals surface area contributed by atoms with Gasteiger partial charge >= 0.3 is 5.69 Å². The quantitative estimate of drug-likeness (QED) is 0.183. The van der Waals surface area contributed by atoms with E-state index in [0.717, 1.165) is 24.3 Å². The Morgan fingerprint density at radius 3 is 2.19 bits per heavy atom. The molecule has 0 fully saturated rings. The SMILES string of the molecule is COc1ccc(/C=C(\C#N)C(=O)Nc2cccc([N+](=O)[O-])c2)cc1Oc1ccc([N+](=O)[O-])cc1[N+](=O)[O-]. The van der Waals surface area contributed by atoms with E-state index in [0.29, 0.717) is 0 Å². The summed E-state index contributed by atoms with van der Waals surface area (Å²) in [7, 11) is 1.31. The zero-order valence-electron chi connectivity index (χ0n) is 18.8. The molecule has 3 aromatic carbocycles. The van der Waals surface area contributed by atoms with Crippen LogP contribution in [0.5, 0.6) is 17.2 Å². The Morgan fingerprint density at radius 2 is 1.57 bits per heavy atom. The van der Waals surface area contributed by atoms with Crippen LogP contribution in [0.2, 0.25) is 0 Å². The number of carbonyl (C=O) groups excluding carboxylic acids is 1. The molecule has 3 aromatic rings. The van der Waals surface area contributed by atoms with E-state index < -0.39 is 32.1 Å². The number of carbonyl (C=O) groups is 1. The van der Waals surface area contributed by atoms with Crippen molar-refractivity contribution in [1.82, 2.24) is 0 Å². The fraction of sp³-hybridized carbons (Fsp3) is 0.0435. The van der Waals surface area contributed by atoms with Gasteiger partial charge in [0, 0.05) is 23.9 Å². The molecule has 0 heterocycles. The van der Waals surface area contributed by atoms with Crippen molar-refractivity contribution in [3.8, 4) is 23.3 Å². The van der Waals surface area contributed by atoms with Crippen molar-refractivity contribution in [2.24, 2.45) is 0 Å². The first-order chi connectivity index (χ1) is 17.6. The molecule has 14 heteroatoms. The van der Waals surface area contributed by atoms with Gasteiger partial charge in [0.25, 0.3) is 17.3 Å². The molecule has 0 aliphatic carbocycles. The van der Waals surface area contributed by atoms with Crippen LogP contribution in [-0.2, 0) is 4.79 Å². The third-order valence-corrected chi connectivity index (χ3v) is 4.75. The van der Waals surface area contributed by atoms with E-state index >= 15 is 0 Å². The molecule has 0 spiro atoms. The molecule has 1 N–H and O–H groups in total. The first kappa shape index (κ1) is 25.8. The molecule has 0 saturated heterocycles. The van der Waals surface area contributed by atoms with Gasteiger partial charge in [-0.2, -0.15) is 5.26 Å². The van der Waals surface area contributed by atoms with E-state index in [1.807, 2.05) is 0 Å². The number of nitriles is 1. The number of nitrogens with one attached hydrogen (secondary N) is 1. The van der Waals surface area contributed by atoms with E-state index in [-0.39, 0.29) is 39.8 Å². The molecule has 0 saturated carbocycles. The van der Waals surface area contributed by atoms with Crippen molar-refractivity contribution in [2.75, 3.05) is 12.4 Å². The van der Waals surface area contributed by atoms with Crippen LogP contribution in [0.25, 0.3) is 6.08 Å². The topological polar surface area (TPSA) is 201 Å². The van der Waals surface area contributed by atoms with Crippen LogP contribution < -0.4 is 14.8 Å². The second-order valence-electron chi connectivity index (χ2n) is 7.11. The zero-order chi connectivity index (χ0) is 27.1. The number of non-ortho nitro benzene ring substituents is 2. The highest BCUT2D eigenvalue weighted by Gasteiger charge is 2.22. The van der Waals surface area contributed by atoms with Gasteiger partial charge in [-0.25, -0.2) is 0 Å². The van der Waals surface area contributed by atoms with Gasteiger partial charge in [0.1, 0.15) is 11.6 Å². The van der Waals surface area contributed by atoms with Gasteiger partial charge in [-0.15, -0.1) is 0 Å². The molecular formula is C23H15N5O9. The summed E-state index contributed by atoms with van der Waals surface area (Å²) in [5.41, 5.74) is -1.40. The number of hydrogen-bond acceptors (Lipinski definition) is 10. The molecule has 0 radical (unpaired) electrons. The lowest BCUT2D eigenvalue weighted by Gasteiger charge is -2.11. The fourth-order valence-electron chi connectivity index (χ4n) is 3.04. The molecule has 0 aromatic heterocycles. The van der Waals surface area contributed by atoms with Crippen LogP contribution in [0.4, 0.5) is 22.7 Å². The molecule has 0 aliphatic heterocycles. The number of nitro benzene ring substituents is 3. The van der Waals surface area contributed by atoms with E-state index in [1.54, 1.807) is 6.07 Å². The van der Waals surface area contributed by atoms with Gasteiger partial charge in [0.15, 0.2) is 11.5 Å². The molecule has 0 bridgehead atoms. The average molecular weight is 505 g/mol. The summed E-state index contributed by atoms with van der Waals surface area (Å²) in [6, 6.07) is 14.0. The molecular weight excluding hydrogens is 490 g/mol. The van der Waals surface area contributed by atoms with E-state index in [4.69, 9.17) is 9.47 Å². The number of methoxy groups -OCH3 is 1. The van der Waals surface area contributed by atoms with Crippen molar-refractivity contribution in [3.63, 3.8) is 0 Å². The van der Waals surface area contributed by atoms with Crippen LogP contribution in [0, 0.1) is 41.7 Å². The van der Waals surface area contributed by atoms with Crippen LogP contribution in [0.3, 0.4) is 0 Å². The molecule has 0 aliphatic rings. The van der Waals surface area contributed by atoms with E-state index in [1.165, 1.54) is 49.6 Å². The third-order valence-electron chi connectivity index (χ3n) is 4.75. The Labute approximate surface area is 207 Å². The predicted molar refractivity (Wildman–Crippen MR) is 128 cm³/mol. The maximum absolute atomic E-state index is 12.6. The summed E-state index contributed by atoms with van der Waals surface area (Å²) in [5.74, 6) is -1.04. The lowest BCUT2D eigenvalue weighted by atomic mass is 10.1. The number of anilines is 1.